The summed E-state index contributed by atoms with van der Waals surface area (Å²) in [7, 11) is 1.86. The molecule has 0 spiro atoms. The number of carboxylic acids is 1. The van der Waals surface area contributed by atoms with Gasteiger partial charge >= 0.3 is 5.97 Å². The van der Waals surface area contributed by atoms with Crippen LogP contribution in [0.25, 0.3) is 11.1 Å². The first kappa shape index (κ1) is 12.3. The predicted molar refractivity (Wildman–Crippen MR) is 67.4 cm³/mol. The first-order chi connectivity index (χ1) is 8.61. The van der Waals surface area contributed by atoms with Crippen LogP contribution in [0.4, 0.5) is 0 Å². The molecule has 0 aliphatic rings. The Balaban J connectivity index is 2.47. The summed E-state index contributed by atoms with van der Waals surface area (Å²) in [6.45, 7) is 2.09. The Bertz CT molecular complexity index is 575. The van der Waals surface area contributed by atoms with Crippen LogP contribution < -0.4 is 0 Å². The number of nitrogens with zero attached hydrogens (tertiary/aromatic N) is 3. The summed E-state index contributed by atoms with van der Waals surface area (Å²) in [6, 6.07) is 1.63. The lowest BCUT2D eigenvalue weighted by atomic mass is 10.0. The fourth-order valence-corrected chi connectivity index (χ4v) is 1.90. The molecule has 5 nitrogen and oxygen atoms in total. The van der Waals surface area contributed by atoms with Crippen molar-refractivity contribution in [3.8, 4) is 11.1 Å². The molecular weight excluding hydrogens is 230 g/mol. The van der Waals surface area contributed by atoms with E-state index in [1.807, 2.05) is 13.2 Å². The van der Waals surface area contributed by atoms with Crippen LogP contribution in [0, 0.1) is 0 Å². The van der Waals surface area contributed by atoms with Crippen LogP contribution in [0.3, 0.4) is 0 Å². The normalized spacial score (nSPS) is 10.6. The van der Waals surface area contributed by atoms with Crippen molar-refractivity contribution in [2.45, 2.75) is 19.8 Å². The number of aryl methyl sites for hydroxylation is 2. The second kappa shape index (κ2) is 5.00. The summed E-state index contributed by atoms with van der Waals surface area (Å²) in [5.74, 6) is -0.967. The van der Waals surface area contributed by atoms with Gasteiger partial charge < -0.3 is 5.11 Å². The lowest BCUT2D eigenvalue weighted by Crippen LogP contribution is -1.97. The number of hydrogen-bond acceptors (Lipinski definition) is 3. The van der Waals surface area contributed by atoms with E-state index in [4.69, 9.17) is 5.11 Å². The van der Waals surface area contributed by atoms with Crippen molar-refractivity contribution in [1.82, 2.24) is 14.8 Å². The molecule has 0 fully saturated rings. The van der Waals surface area contributed by atoms with Gasteiger partial charge in [-0.15, -0.1) is 0 Å². The summed E-state index contributed by atoms with van der Waals surface area (Å²) in [5.41, 5.74) is 2.92. The highest BCUT2D eigenvalue weighted by molar-refractivity contribution is 5.88. The summed E-state index contributed by atoms with van der Waals surface area (Å²) >= 11 is 0. The molecule has 0 aliphatic heterocycles. The van der Waals surface area contributed by atoms with Gasteiger partial charge in [-0.05, 0) is 12.5 Å². The van der Waals surface area contributed by atoms with Crippen molar-refractivity contribution < 1.29 is 9.90 Å². The molecule has 0 aliphatic carbocycles. The van der Waals surface area contributed by atoms with Crippen molar-refractivity contribution in [2.24, 2.45) is 7.05 Å². The number of carboxylic acid groups (broad SMARTS) is 1. The number of carbonyl (C=O) groups is 1. The molecule has 0 unspecified atom stereocenters. The molecule has 18 heavy (non-hydrogen) atoms. The average Bonchev–Trinajstić information content (AvgIpc) is 2.71. The maximum atomic E-state index is 10.9. The van der Waals surface area contributed by atoms with E-state index in [-0.39, 0.29) is 5.56 Å². The predicted octanol–water partition coefficient (Wildman–Crippen LogP) is 2.13. The molecule has 5 heteroatoms. The standard InChI is InChI=1S/C13H15N3O2/c1-3-4-12-11(8-16(2)15-12)9-5-10(13(17)18)7-14-6-9/h5-8H,3-4H2,1-2H3,(H,17,18). The van der Waals surface area contributed by atoms with Gasteiger partial charge in [0.2, 0.25) is 0 Å². The number of pyridine rings is 1. The third-order valence-corrected chi connectivity index (χ3v) is 2.69. The Labute approximate surface area is 105 Å². The van der Waals surface area contributed by atoms with Gasteiger partial charge in [0.1, 0.15) is 0 Å². The highest BCUT2D eigenvalue weighted by atomic mass is 16.4. The lowest BCUT2D eigenvalue weighted by molar-refractivity contribution is 0.0696. The molecule has 2 rings (SSSR count). The Morgan fingerprint density at radius 1 is 1.44 bits per heavy atom. The van der Waals surface area contributed by atoms with Gasteiger partial charge in [-0.3, -0.25) is 9.67 Å². The molecule has 0 aromatic carbocycles. The van der Waals surface area contributed by atoms with Crippen LogP contribution in [0.15, 0.2) is 24.7 Å². The highest BCUT2D eigenvalue weighted by Crippen LogP contribution is 2.23. The molecule has 0 radical (unpaired) electrons. The zero-order valence-corrected chi connectivity index (χ0v) is 10.4. The molecule has 2 aromatic rings. The molecular formula is C13H15N3O2. The summed E-state index contributed by atoms with van der Waals surface area (Å²) in [6.07, 6.45) is 6.78. The number of aromatic carboxylic acids is 1. The van der Waals surface area contributed by atoms with Gasteiger partial charge in [0, 0.05) is 36.8 Å². The van der Waals surface area contributed by atoms with Gasteiger partial charge in [0.05, 0.1) is 11.3 Å². The minimum Gasteiger partial charge on any atom is -0.478 e. The largest absolute Gasteiger partial charge is 0.478 e. The zero-order valence-electron chi connectivity index (χ0n) is 10.4. The Morgan fingerprint density at radius 3 is 2.89 bits per heavy atom. The SMILES string of the molecule is CCCc1nn(C)cc1-c1cncc(C(=O)O)c1. The van der Waals surface area contributed by atoms with Crippen LogP contribution in [-0.2, 0) is 13.5 Å². The van der Waals surface area contributed by atoms with E-state index in [0.29, 0.717) is 0 Å². The summed E-state index contributed by atoms with van der Waals surface area (Å²) < 4.78 is 1.74. The van der Waals surface area contributed by atoms with Crippen molar-refractivity contribution >= 4 is 5.97 Å². The van der Waals surface area contributed by atoms with Crippen LogP contribution in [0.5, 0.6) is 0 Å². The maximum Gasteiger partial charge on any atom is 0.337 e. The van der Waals surface area contributed by atoms with E-state index in [1.165, 1.54) is 6.20 Å². The minimum absolute atomic E-state index is 0.193. The Hall–Kier alpha value is -2.17. The van der Waals surface area contributed by atoms with Crippen LogP contribution >= 0.6 is 0 Å². The fraction of sp³-hybridized carbons (Fsp3) is 0.308. The fourth-order valence-electron chi connectivity index (χ4n) is 1.90. The molecule has 1 N–H and O–H groups in total. The van der Waals surface area contributed by atoms with Gasteiger partial charge in [0.25, 0.3) is 0 Å². The Kier molecular flexibility index (Phi) is 3.41. The van der Waals surface area contributed by atoms with Crippen LogP contribution in [0.2, 0.25) is 0 Å². The number of rotatable bonds is 4. The highest BCUT2D eigenvalue weighted by Gasteiger charge is 2.12. The van der Waals surface area contributed by atoms with Crippen LogP contribution in [0.1, 0.15) is 29.4 Å². The van der Waals surface area contributed by atoms with E-state index in [0.717, 1.165) is 29.7 Å². The Morgan fingerprint density at radius 2 is 2.22 bits per heavy atom. The van der Waals surface area contributed by atoms with Gasteiger partial charge in [-0.25, -0.2) is 4.79 Å². The van der Waals surface area contributed by atoms with Gasteiger partial charge in [0.15, 0.2) is 0 Å². The summed E-state index contributed by atoms with van der Waals surface area (Å²) in [5, 5.41) is 13.4. The molecule has 0 bridgehead atoms. The lowest BCUT2D eigenvalue weighted by Gasteiger charge is -2.02. The monoisotopic (exact) mass is 245 g/mol. The van der Waals surface area contributed by atoms with E-state index in [9.17, 15) is 4.79 Å². The third kappa shape index (κ3) is 2.40. The molecule has 2 aromatic heterocycles. The van der Waals surface area contributed by atoms with Crippen LogP contribution in [-0.4, -0.2) is 25.8 Å². The minimum atomic E-state index is -0.967. The van der Waals surface area contributed by atoms with Crippen molar-refractivity contribution in [3.63, 3.8) is 0 Å². The second-order valence-corrected chi connectivity index (χ2v) is 4.18. The van der Waals surface area contributed by atoms with E-state index in [1.54, 1.807) is 16.9 Å². The smallest absolute Gasteiger partial charge is 0.337 e. The third-order valence-electron chi connectivity index (χ3n) is 2.69. The zero-order chi connectivity index (χ0) is 13.1. The van der Waals surface area contributed by atoms with E-state index in [2.05, 4.69) is 17.0 Å². The molecule has 0 atom stereocenters. The number of hydrogen-bond donors (Lipinski definition) is 1. The molecule has 0 amide bonds. The van der Waals surface area contributed by atoms with Crippen molar-refractivity contribution in [3.05, 3.63) is 35.9 Å². The summed E-state index contributed by atoms with van der Waals surface area (Å²) in [4.78, 5) is 14.9. The van der Waals surface area contributed by atoms with E-state index >= 15 is 0 Å². The first-order valence-electron chi connectivity index (χ1n) is 5.83. The second-order valence-electron chi connectivity index (χ2n) is 4.18. The van der Waals surface area contributed by atoms with Crippen molar-refractivity contribution in [2.75, 3.05) is 0 Å². The molecule has 94 valence electrons. The molecule has 0 saturated heterocycles. The van der Waals surface area contributed by atoms with Gasteiger partial charge in [-0.1, -0.05) is 13.3 Å². The van der Waals surface area contributed by atoms with Gasteiger partial charge in [-0.2, -0.15) is 5.10 Å². The topological polar surface area (TPSA) is 68.0 Å². The molecule has 2 heterocycles. The van der Waals surface area contributed by atoms with Crippen molar-refractivity contribution in [1.29, 1.82) is 0 Å². The quantitative estimate of drug-likeness (QED) is 0.896. The first-order valence-corrected chi connectivity index (χ1v) is 5.83. The number of aromatic nitrogens is 3. The average molecular weight is 245 g/mol. The molecule has 0 saturated carbocycles. The van der Waals surface area contributed by atoms with E-state index < -0.39 is 5.97 Å². The maximum absolute atomic E-state index is 10.9.